The van der Waals surface area contributed by atoms with Gasteiger partial charge >= 0.3 is 0 Å². The Morgan fingerprint density at radius 3 is 2.26 bits per heavy atom. The molecule has 4 aromatic rings. The molecule has 0 unspecified atom stereocenters. The molecule has 0 aliphatic heterocycles. The Morgan fingerprint density at radius 1 is 0.912 bits per heavy atom. The molecule has 0 fully saturated rings. The van der Waals surface area contributed by atoms with Gasteiger partial charge < -0.3 is 0 Å². The van der Waals surface area contributed by atoms with Gasteiger partial charge in [0, 0.05) is 24.4 Å². The van der Waals surface area contributed by atoms with Crippen molar-refractivity contribution < 1.29 is 8.42 Å². The average Bonchev–Trinajstić information content (AvgIpc) is 3.19. The largest absolute Gasteiger partial charge is 0.224 e. The summed E-state index contributed by atoms with van der Waals surface area (Å²) in [6.07, 6.45) is 6.17. The van der Waals surface area contributed by atoms with Crippen molar-refractivity contribution in [3.8, 4) is 11.1 Å². The molecule has 34 heavy (non-hydrogen) atoms. The van der Waals surface area contributed by atoms with E-state index in [0.717, 1.165) is 22.6 Å². The van der Waals surface area contributed by atoms with Crippen molar-refractivity contribution in [2.45, 2.75) is 62.7 Å². The maximum Gasteiger partial charge on any atom is 0.175 e. The molecule has 2 aromatic carbocycles. The predicted molar refractivity (Wildman–Crippen MR) is 136 cm³/mol. The van der Waals surface area contributed by atoms with Crippen LogP contribution in [0.5, 0.6) is 0 Å². The van der Waals surface area contributed by atoms with Crippen LogP contribution in [-0.2, 0) is 27.1 Å². The minimum absolute atomic E-state index is 0.165. The van der Waals surface area contributed by atoms with Crippen molar-refractivity contribution in [3.05, 3.63) is 83.3 Å². The molecule has 0 amide bonds. The summed E-state index contributed by atoms with van der Waals surface area (Å²) in [5.41, 5.74) is 7.09. The van der Waals surface area contributed by atoms with Gasteiger partial charge in [0.1, 0.15) is 0 Å². The van der Waals surface area contributed by atoms with Crippen LogP contribution in [0.3, 0.4) is 0 Å². The Hall–Kier alpha value is -2.99. The molecule has 0 saturated carbocycles. The summed E-state index contributed by atoms with van der Waals surface area (Å²) in [6, 6.07) is 17.7. The van der Waals surface area contributed by atoms with Crippen LogP contribution in [0.1, 0.15) is 63.1 Å². The monoisotopic (exact) mass is 473 g/mol. The Bertz CT molecular complexity index is 1500. The molecule has 0 N–H and O–H groups in total. The van der Waals surface area contributed by atoms with E-state index in [9.17, 15) is 8.42 Å². The second-order valence-electron chi connectivity index (χ2n) is 10.8. The van der Waals surface area contributed by atoms with Crippen molar-refractivity contribution in [2.75, 3.05) is 6.26 Å². The third-order valence-electron chi connectivity index (χ3n) is 7.28. The molecule has 2 heterocycles. The van der Waals surface area contributed by atoms with Crippen LogP contribution >= 0.6 is 0 Å². The van der Waals surface area contributed by atoms with Crippen molar-refractivity contribution in [1.82, 2.24) is 14.6 Å². The number of nitrogens with zero attached hydrogens (tertiary/aromatic N) is 3. The van der Waals surface area contributed by atoms with Crippen LogP contribution in [0.15, 0.2) is 65.7 Å². The lowest BCUT2D eigenvalue weighted by molar-refractivity contribution is 0.331. The summed E-state index contributed by atoms with van der Waals surface area (Å²) in [6.45, 7) is 9.37. The van der Waals surface area contributed by atoms with Gasteiger partial charge in [0.05, 0.1) is 4.90 Å². The van der Waals surface area contributed by atoms with Crippen molar-refractivity contribution >= 4 is 15.5 Å². The van der Waals surface area contributed by atoms with Gasteiger partial charge in [-0.1, -0.05) is 58.0 Å². The zero-order valence-electron chi connectivity index (χ0n) is 20.5. The van der Waals surface area contributed by atoms with Crippen LogP contribution < -0.4 is 0 Å². The molecule has 5 rings (SSSR count). The fourth-order valence-corrected chi connectivity index (χ4v) is 5.69. The topological polar surface area (TPSA) is 64.3 Å². The van der Waals surface area contributed by atoms with Crippen LogP contribution in [-0.4, -0.2) is 29.3 Å². The molecule has 0 atom stereocenters. The first-order chi connectivity index (χ1) is 15.9. The standard InChI is InChI=1S/C28H31N3O2S/c1-27(2)14-15-28(3,4)24-17-19(8-13-23(24)27)18-25-29-26-22(7-6-16-31(26)30-25)20-9-11-21(12-10-20)34(5,32)33/h6-13,16-17H,14-15,18H2,1-5H3. The highest BCUT2D eigenvalue weighted by atomic mass is 32.2. The summed E-state index contributed by atoms with van der Waals surface area (Å²) < 4.78 is 25.4. The van der Waals surface area contributed by atoms with E-state index in [1.807, 2.05) is 30.5 Å². The first-order valence-electron chi connectivity index (χ1n) is 11.7. The van der Waals surface area contributed by atoms with Gasteiger partial charge in [0.15, 0.2) is 21.3 Å². The van der Waals surface area contributed by atoms with Crippen LogP contribution in [0.4, 0.5) is 0 Å². The summed E-state index contributed by atoms with van der Waals surface area (Å²) in [4.78, 5) is 5.18. The number of fused-ring (bicyclic) bond motifs is 2. The Balaban J connectivity index is 1.50. The SMILES string of the molecule is CC1(C)CCC(C)(C)c2cc(Cc3nc4c(-c5ccc(S(C)(=O)=O)cc5)cccn4n3)ccc21. The van der Waals surface area contributed by atoms with Gasteiger partial charge in [-0.15, -0.1) is 0 Å². The highest BCUT2D eigenvalue weighted by molar-refractivity contribution is 7.90. The fourth-order valence-electron chi connectivity index (χ4n) is 5.06. The zero-order chi connectivity index (χ0) is 24.3. The second-order valence-corrected chi connectivity index (χ2v) is 12.9. The normalized spacial score (nSPS) is 17.0. The van der Waals surface area contributed by atoms with Gasteiger partial charge in [-0.3, -0.25) is 0 Å². The first-order valence-corrected chi connectivity index (χ1v) is 13.6. The van der Waals surface area contributed by atoms with Crippen molar-refractivity contribution in [2.24, 2.45) is 0 Å². The Kier molecular flexibility index (Phi) is 5.21. The number of benzene rings is 2. The van der Waals surface area contributed by atoms with Crippen LogP contribution in [0.2, 0.25) is 0 Å². The van der Waals surface area contributed by atoms with E-state index in [1.54, 1.807) is 16.6 Å². The number of hydrogen-bond donors (Lipinski definition) is 0. The van der Waals surface area contributed by atoms with Gasteiger partial charge in [0.2, 0.25) is 0 Å². The lowest BCUT2D eigenvalue weighted by Gasteiger charge is -2.42. The van der Waals surface area contributed by atoms with E-state index in [1.165, 1.54) is 35.8 Å². The van der Waals surface area contributed by atoms with E-state index < -0.39 is 9.84 Å². The maximum absolute atomic E-state index is 11.8. The van der Waals surface area contributed by atoms with Crippen LogP contribution in [0.25, 0.3) is 16.8 Å². The fraction of sp³-hybridized carbons (Fsp3) is 0.357. The van der Waals surface area contributed by atoms with Crippen LogP contribution in [0, 0.1) is 0 Å². The van der Waals surface area contributed by atoms with E-state index in [2.05, 4.69) is 45.9 Å². The molecular formula is C28H31N3O2S. The lowest BCUT2D eigenvalue weighted by Crippen LogP contribution is -2.33. The molecule has 1 aliphatic carbocycles. The molecule has 2 aromatic heterocycles. The zero-order valence-corrected chi connectivity index (χ0v) is 21.3. The minimum Gasteiger partial charge on any atom is -0.224 e. The van der Waals surface area contributed by atoms with E-state index >= 15 is 0 Å². The Labute approximate surface area is 201 Å². The number of hydrogen-bond acceptors (Lipinski definition) is 4. The lowest BCUT2D eigenvalue weighted by atomic mass is 9.63. The molecule has 0 spiro atoms. The number of pyridine rings is 1. The molecule has 6 heteroatoms. The van der Waals surface area contributed by atoms with Crippen molar-refractivity contribution in [3.63, 3.8) is 0 Å². The predicted octanol–water partition coefficient (Wildman–Crippen LogP) is 5.74. The maximum atomic E-state index is 11.8. The van der Waals surface area contributed by atoms with E-state index in [0.29, 0.717) is 11.3 Å². The number of sulfone groups is 1. The Morgan fingerprint density at radius 2 is 1.59 bits per heavy atom. The highest BCUT2D eigenvalue weighted by Crippen LogP contribution is 2.46. The minimum atomic E-state index is -3.23. The second kappa shape index (κ2) is 7.77. The summed E-state index contributed by atoms with van der Waals surface area (Å²) >= 11 is 0. The summed E-state index contributed by atoms with van der Waals surface area (Å²) in [5.74, 6) is 0.771. The number of rotatable bonds is 4. The van der Waals surface area contributed by atoms with E-state index in [-0.39, 0.29) is 10.8 Å². The third-order valence-corrected chi connectivity index (χ3v) is 8.41. The molecule has 176 valence electrons. The molecule has 1 aliphatic rings. The van der Waals surface area contributed by atoms with Gasteiger partial charge in [-0.05, 0) is 70.2 Å². The molecule has 0 saturated heterocycles. The first kappa shape index (κ1) is 22.8. The highest BCUT2D eigenvalue weighted by Gasteiger charge is 2.36. The van der Waals surface area contributed by atoms with Gasteiger partial charge in [-0.25, -0.2) is 17.9 Å². The molecule has 5 nitrogen and oxygen atoms in total. The molecular weight excluding hydrogens is 442 g/mol. The number of aromatic nitrogens is 3. The van der Waals surface area contributed by atoms with Gasteiger partial charge in [0.25, 0.3) is 0 Å². The van der Waals surface area contributed by atoms with Crippen molar-refractivity contribution in [1.29, 1.82) is 0 Å². The smallest absolute Gasteiger partial charge is 0.175 e. The van der Waals surface area contributed by atoms with E-state index in [4.69, 9.17) is 10.1 Å². The quantitative estimate of drug-likeness (QED) is 0.379. The third kappa shape index (κ3) is 4.05. The molecule has 0 bridgehead atoms. The average molecular weight is 474 g/mol. The molecule has 0 radical (unpaired) electrons. The summed E-state index contributed by atoms with van der Waals surface area (Å²) in [5, 5.41) is 4.74. The summed E-state index contributed by atoms with van der Waals surface area (Å²) in [7, 11) is -3.23. The van der Waals surface area contributed by atoms with Gasteiger partial charge in [-0.2, -0.15) is 5.10 Å².